The summed E-state index contributed by atoms with van der Waals surface area (Å²) in [4.78, 5) is 0. The third-order valence-corrected chi connectivity index (χ3v) is 4.89. The zero-order valence-electron chi connectivity index (χ0n) is 11.4. The van der Waals surface area contributed by atoms with E-state index in [4.69, 9.17) is 0 Å². The number of hydrogen-bond donors (Lipinski definition) is 0. The first-order valence-corrected chi connectivity index (χ1v) is 7.46. The first-order chi connectivity index (χ1) is 9.82. The minimum Gasteiger partial charge on any atom is -0.147 e. The minimum atomic E-state index is -0.309. The Hall–Kier alpha value is -1.57. The predicted octanol–water partition coefficient (Wildman–Crippen LogP) is 5.80. The average molecular weight is 360 g/mol. The van der Waals surface area contributed by atoms with Gasteiger partial charge in [0, 0.05) is 0 Å². The van der Waals surface area contributed by atoms with Gasteiger partial charge < -0.3 is 0 Å². The third-order valence-electron chi connectivity index (χ3n) is 3.51. The summed E-state index contributed by atoms with van der Waals surface area (Å²) in [7, 11) is 0. The van der Waals surface area contributed by atoms with Crippen molar-refractivity contribution in [3.8, 4) is 0 Å². The van der Waals surface area contributed by atoms with Crippen LogP contribution in [0.1, 0.15) is 16.7 Å². The highest BCUT2D eigenvalue weighted by Crippen LogP contribution is 2.44. The predicted molar refractivity (Wildman–Crippen MR) is 95.4 cm³/mol. The Kier molecular flexibility index (Phi) is 5.22. The van der Waals surface area contributed by atoms with Gasteiger partial charge in [-0.3, -0.25) is 0 Å². The molecule has 0 fully saturated rings. The molecule has 0 saturated carbocycles. The smallest absolute Gasteiger partial charge is 0.100 e. The quantitative estimate of drug-likeness (QED) is 0.410. The molecule has 0 N–H and O–H groups in total. The van der Waals surface area contributed by atoms with Crippen LogP contribution >= 0.6 is 28.3 Å². The molecule has 21 heavy (non-hydrogen) atoms. The van der Waals surface area contributed by atoms with Crippen LogP contribution in [0.4, 0.5) is 0 Å². The van der Waals surface area contributed by atoms with Gasteiger partial charge in [0.1, 0.15) is 4.32 Å². The first-order valence-electron chi connectivity index (χ1n) is 6.67. The molecule has 3 aromatic carbocycles. The molecule has 3 aromatic rings. The second-order valence-electron chi connectivity index (χ2n) is 4.76. The van der Waals surface area contributed by atoms with Gasteiger partial charge in [0.05, 0.1) is 0 Å². The molecule has 0 aromatic heterocycles. The summed E-state index contributed by atoms with van der Waals surface area (Å²) < 4.78 is -0.309. The first kappa shape index (κ1) is 15.8. The van der Waals surface area contributed by atoms with Crippen LogP contribution in [0.3, 0.4) is 0 Å². The zero-order valence-corrected chi connectivity index (χ0v) is 13.8. The van der Waals surface area contributed by atoms with E-state index in [1.165, 1.54) is 16.7 Å². The normalized spacial score (nSPS) is 10.7. The molecule has 0 amide bonds. The van der Waals surface area contributed by atoms with Gasteiger partial charge in [-0.1, -0.05) is 107 Å². The molecule has 3 rings (SSSR count). The van der Waals surface area contributed by atoms with Crippen LogP contribution in [0, 0.1) is 0 Å². The highest BCUT2D eigenvalue weighted by atomic mass is 79.9. The number of halogens is 2. The lowest BCUT2D eigenvalue weighted by molar-refractivity contribution is 0.917. The summed E-state index contributed by atoms with van der Waals surface area (Å²) in [5.74, 6) is 0. The third kappa shape index (κ3) is 3.04. The van der Waals surface area contributed by atoms with Gasteiger partial charge in [0.25, 0.3) is 0 Å². The Balaban J connectivity index is 0.00000161. The molecule has 0 nitrogen and oxygen atoms in total. The van der Waals surface area contributed by atoms with E-state index in [9.17, 15) is 0 Å². The highest BCUT2D eigenvalue weighted by molar-refractivity contribution is 9.10. The largest absolute Gasteiger partial charge is 0.147 e. The van der Waals surface area contributed by atoms with Crippen LogP contribution in [0.15, 0.2) is 91.0 Å². The average Bonchev–Trinajstić information content (AvgIpc) is 2.56. The topological polar surface area (TPSA) is 0 Å². The minimum absolute atomic E-state index is 0. The van der Waals surface area contributed by atoms with E-state index in [1.54, 1.807) is 0 Å². The Morgan fingerprint density at radius 1 is 0.476 bits per heavy atom. The summed E-state index contributed by atoms with van der Waals surface area (Å²) in [6, 6.07) is 31.6. The molecule has 0 bridgehead atoms. The number of rotatable bonds is 3. The van der Waals surface area contributed by atoms with E-state index < -0.39 is 0 Å². The van der Waals surface area contributed by atoms with E-state index in [-0.39, 0.29) is 16.7 Å². The second kappa shape index (κ2) is 6.93. The lowest BCUT2D eigenvalue weighted by Gasteiger charge is -2.29. The monoisotopic (exact) mass is 358 g/mol. The van der Waals surface area contributed by atoms with Crippen molar-refractivity contribution in [3.63, 3.8) is 0 Å². The fourth-order valence-corrected chi connectivity index (χ4v) is 3.30. The van der Waals surface area contributed by atoms with E-state index in [0.717, 1.165) is 0 Å². The van der Waals surface area contributed by atoms with Crippen molar-refractivity contribution >= 4 is 28.3 Å². The van der Waals surface area contributed by atoms with Crippen LogP contribution in [0.25, 0.3) is 0 Å². The van der Waals surface area contributed by atoms with Crippen molar-refractivity contribution in [2.24, 2.45) is 0 Å². The molecule has 106 valence electrons. The van der Waals surface area contributed by atoms with Crippen LogP contribution < -0.4 is 0 Å². The van der Waals surface area contributed by atoms with Crippen LogP contribution in [-0.2, 0) is 4.32 Å². The summed E-state index contributed by atoms with van der Waals surface area (Å²) in [5.41, 5.74) is 3.70. The molecule has 0 spiro atoms. The van der Waals surface area contributed by atoms with Crippen molar-refractivity contribution in [1.82, 2.24) is 0 Å². The van der Waals surface area contributed by atoms with Crippen molar-refractivity contribution in [2.45, 2.75) is 4.32 Å². The van der Waals surface area contributed by atoms with Crippen LogP contribution in [-0.4, -0.2) is 0 Å². The van der Waals surface area contributed by atoms with Crippen LogP contribution in [0.2, 0.25) is 0 Å². The summed E-state index contributed by atoms with van der Waals surface area (Å²) >= 11 is 4.01. The molecule has 0 aliphatic rings. The van der Waals surface area contributed by atoms with E-state index in [0.29, 0.717) is 0 Å². The Morgan fingerprint density at radius 2 is 0.714 bits per heavy atom. The molecule has 0 saturated heterocycles. The fourth-order valence-electron chi connectivity index (χ4n) is 2.50. The van der Waals surface area contributed by atoms with Gasteiger partial charge in [-0.15, -0.1) is 12.4 Å². The van der Waals surface area contributed by atoms with Gasteiger partial charge in [-0.05, 0) is 16.7 Å². The Morgan fingerprint density at radius 3 is 0.952 bits per heavy atom. The van der Waals surface area contributed by atoms with Gasteiger partial charge >= 0.3 is 0 Å². The number of hydrogen-bond acceptors (Lipinski definition) is 0. The molecule has 0 unspecified atom stereocenters. The fraction of sp³-hybridized carbons (Fsp3) is 0.0526. The second-order valence-corrected chi connectivity index (χ2v) is 5.95. The van der Waals surface area contributed by atoms with Crippen molar-refractivity contribution in [1.29, 1.82) is 0 Å². The standard InChI is InChI=1S/C19H15Br.ClH/c20-19(16-10-4-1-5-11-16,17-12-6-2-7-13-17)18-14-8-3-9-15-18;/h1-15H;1H. The molecule has 0 atom stereocenters. The highest BCUT2D eigenvalue weighted by Gasteiger charge is 2.32. The van der Waals surface area contributed by atoms with E-state index in [2.05, 4.69) is 88.7 Å². The maximum absolute atomic E-state index is 4.01. The van der Waals surface area contributed by atoms with Crippen molar-refractivity contribution < 1.29 is 0 Å². The number of alkyl halides is 1. The van der Waals surface area contributed by atoms with Gasteiger partial charge in [-0.25, -0.2) is 0 Å². The number of benzene rings is 3. The molecule has 2 heteroatoms. The molecular weight excluding hydrogens is 344 g/mol. The SMILES string of the molecule is BrC(c1ccccc1)(c1ccccc1)c1ccccc1.Cl. The molecular formula is C19H16BrCl. The summed E-state index contributed by atoms with van der Waals surface area (Å²) in [5, 5.41) is 0. The van der Waals surface area contributed by atoms with Gasteiger partial charge in [-0.2, -0.15) is 0 Å². The lowest BCUT2D eigenvalue weighted by atomic mass is 9.85. The maximum atomic E-state index is 4.01. The Labute approximate surface area is 140 Å². The molecule has 0 heterocycles. The molecule has 0 aliphatic heterocycles. The molecule has 0 aliphatic carbocycles. The van der Waals surface area contributed by atoms with E-state index >= 15 is 0 Å². The summed E-state index contributed by atoms with van der Waals surface area (Å²) in [6.07, 6.45) is 0. The van der Waals surface area contributed by atoms with Crippen molar-refractivity contribution in [3.05, 3.63) is 108 Å². The summed E-state index contributed by atoms with van der Waals surface area (Å²) in [6.45, 7) is 0. The van der Waals surface area contributed by atoms with Gasteiger partial charge in [0.15, 0.2) is 0 Å². The maximum Gasteiger partial charge on any atom is 0.100 e. The van der Waals surface area contributed by atoms with Crippen LogP contribution in [0.5, 0.6) is 0 Å². The Bertz CT molecular complexity index is 569. The van der Waals surface area contributed by atoms with E-state index in [1.807, 2.05) is 18.2 Å². The molecule has 0 radical (unpaired) electrons. The lowest BCUT2D eigenvalue weighted by Crippen LogP contribution is -2.21. The van der Waals surface area contributed by atoms with Crippen molar-refractivity contribution in [2.75, 3.05) is 0 Å². The zero-order chi connectivity index (χ0) is 13.8. The van der Waals surface area contributed by atoms with Gasteiger partial charge in [0.2, 0.25) is 0 Å².